The summed E-state index contributed by atoms with van der Waals surface area (Å²) in [5, 5.41) is 14.2. The van der Waals surface area contributed by atoms with Gasteiger partial charge in [0.25, 0.3) is 0 Å². The van der Waals surface area contributed by atoms with Gasteiger partial charge in [0.15, 0.2) is 4.34 Å². The van der Waals surface area contributed by atoms with Crippen LogP contribution < -0.4 is 0 Å². The number of rotatable bonds is 5. The van der Waals surface area contributed by atoms with Crippen LogP contribution in [0.25, 0.3) is 32.0 Å². The van der Waals surface area contributed by atoms with E-state index in [2.05, 4.69) is 15.6 Å². The summed E-state index contributed by atoms with van der Waals surface area (Å²) in [6.07, 6.45) is -0.517. The van der Waals surface area contributed by atoms with E-state index in [1.165, 1.54) is 4.70 Å². The molecular weight excluding hydrogens is 443 g/mol. The molecule has 5 rings (SSSR count). The fraction of sp³-hybridized carbons (Fsp3) is 0.136. The predicted octanol–water partition coefficient (Wildman–Crippen LogP) is 6.86. The highest BCUT2D eigenvalue weighted by Crippen LogP contribution is 2.34. The fourth-order valence-electron chi connectivity index (χ4n) is 3.59. The number of para-hydroxylation sites is 1. The lowest BCUT2D eigenvalue weighted by atomic mass is 10.1. The van der Waals surface area contributed by atoms with Crippen LogP contribution in [0, 0.1) is 0 Å². The molecule has 2 aromatic heterocycles. The third-order valence-corrected chi connectivity index (χ3v) is 7.65. The Labute approximate surface area is 185 Å². The monoisotopic (exact) mass is 458 g/mol. The number of hydrogen-bond acceptors (Lipinski definition) is 4. The standard InChI is InChI=1S/C22H16Cl2N2OS2/c23-13-5-7-19-16(9-13)17-10-14(24)6-8-20(17)26(19)11-15(27)12-28-22-25-18-3-1-2-4-21(18)29-22/h1-10,15,27H,11-12H2/t15-/m0/s1. The van der Waals surface area contributed by atoms with Crippen LogP contribution in [0.5, 0.6) is 0 Å². The number of halogens is 2. The molecule has 1 atom stereocenters. The molecule has 1 N–H and O–H groups in total. The van der Waals surface area contributed by atoms with Gasteiger partial charge in [-0.15, -0.1) is 11.3 Å². The number of benzene rings is 3. The summed E-state index contributed by atoms with van der Waals surface area (Å²) in [6.45, 7) is 0.487. The van der Waals surface area contributed by atoms with Gasteiger partial charge in [0.1, 0.15) is 0 Å². The maximum absolute atomic E-state index is 10.8. The van der Waals surface area contributed by atoms with E-state index in [-0.39, 0.29) is 0 Å². The molecule has 3 nitrogen and oxygen atoms in total. The Balaban J connectivity index is 1.42. The Morgan fingerprint density at radius 3 is 2.28 bits per heavy atom. The zero-order chi connectivity index (χ0) is 20.0. The molecule has 0 bridgehead atoms. The molecule has 0 aliphatic heterocycles. The first kappa shape index (κ1) is 19.2. The van der Waals surface area contributed by atoms with Crippen molar-refractivity contribution in [3.05, 3.63) is 70.7 Å². The Kier molecular flexibility index (Phi) is 5.18. The van der Waals surface area contributed by atoms with E-state index in [4.69, 9.17) is 23.2 Å². The summed E-state index contributed by atoms with van der Waals surface area (Å²) in [5.41, 5.74) is 3.08. The molecule has 0 fully saturated rings. The number of aromatic nitrogens is 2. The van der Waals surface area contributed by atoms with Gasteiger partial charge in [-0.25, -0.2) is 4.98 Å². The molecule has 7 heteroatoms. The van der Waals surface area contributed by atoms with Gasteiger partial charge in [-0.05, 0) is 48.5 Å². The Morgan fingerprint density at radius 2 is 1.62 bits per heavy atom. The normalized spacial score (nSPS) is 12.9. The van der Waals surface area contributed by atoms with Crippen molar-refractivity contribution in [3.8, 4) is 0 Å². The second-order valence-corrected chi connectivity index (χ2v) is 10.0. The van der Waals surface area contributed by atoms with E-state index >= 15 is 0 Å². The molecule has 0 amide bonds. The van der Waals surface area contributed by atoms with Gasteiger partial charge in [-0.3, -0.25) is 0 Å². The van der Waals surface area contributed by atoms with Crippen LogP contribution in [-0.4, -0.2) is 26.5 Å². The third-order valence-electron chi connectivity index (χ3n) is 4.86. The zero-order valence-corrected chi connectivity index (χ0v) is 18.3. The largest absolute Gasteiger partial charge is 0.390 e. The zero-order valence-electron chi connectivity index (χ0n) is 15.2. The molecule has 5 aromatic rings. The van der Waals surface area contributed by atoms with Gasteiger partial charge < -0.3 is 9.67 Å². The number of aliphatic hydroxyl groups is 1. The topological polar surface area (TPSA) is 38.1 Å². The third kappa shape index (κ3) is 3.74. The quantitative estimate of drug-likeness (QED) is 0.292. The number of thiazole rings is 1. The van der Waals surface area contributed by atoms with Crippen LogP contribution >= 0.6 is 46.3 Å². The summed E-state index contributed by atoms with van der Waals surface area (Å²) >= 11 is 15.7. The number of hydrogen-bond donors (Lipinski definition) is 1. The summed E-state index contributed by atoms with van der Waals surface area (Å²) in [6, 6.07) is 19.8. The Morgan fingerprint density at radius 1 is 0.966 bits per heavy atom. The van der Waals surface area contributed by atoms with E-state index in [0.29, 0.717) is 22.3 Å². The average molecular weight is 459 g/mol. The molecular formula is C22H16Cl2N2OS2. The first-order valence-electron chi connectivity index (χ1n) is 9.12. The van der Waals surface area contributed by atoms with Crippen molar-refractivity contribution < 1.29 is 5.11 Å². The van der Waals surface area contributed by atoms with E-state index in [1.54, 1.807) is 23.1 Å². The van der Waals surface area contributed by atoms with Gasteiger partial charge in [0.05, 0.1) is 22.9 Å². The van der Waals surface area contributed by atoms with E-state index in [9.17, 15) is 5.11 Å². The highest BCUT2D eigenvalue weighted by Gasteiger charge is 2.16. The van der Waals surface area contributed by atoms with Crippen molar-refractivity contribution in [1.29, 1.82) is 0 Å². The van der Waals surface area contributed by atoms with Crippen LogP contribution in [0.4, 0.5) is 0 Å². The molecule has 29 heavy (non-hydrogen) atoms. The van der Waals surface area contributed by atoms with Crippen molar-refractivity contribution in [1.82, 2.24) is 9.55 Å². The highest BCUT2D eigenvalue weighted by molar-refractivity contribution is 8.01. The Hall–Kier alpha value is -1.76. The van der Waals surface area contributed by atoms with Gasteiger partial charge in [0.2, 0.25) is 0 Å². The van der Waals surface area contributed by atoms with Crippen LogP contribution in [0.15, 0.2) is 65.0 Å². The highest BCUT2D eigenvalue weighted by atomic mass is 35.5. The van der Waals surface area contributed by atoms with Gasteiger partial charge in [-0.2, -0.15) is 0 Å². The minimum Gasteiger partial charge on any atom is -0.390 e. The lowest BCUT2D eigenvalue weighted by Crippen LogP contribution is -2.18. The Bertz CT molecular complexity index is 1250. The van der Waals surface area contributed by atoms with Crippen molar-refractivity contribution in [2.75, 3.05) is 5.75 Å². The lowest BCUT2D eigenvalue weighted by Gasteiger charge is -2.13. The summed E-state index contributed by atoms with van der Waals surface area (Å²) in [5.74, 6) is 0.572. The summed E-state index contributed by atoms with van der Waals surface area (Å²) in [7, 11) is 0. The molecule has 146 valence electrons. The number of nitrogens with zero attached hydrogens (tertiary/aromatic N) is 2. The molecule has 0 saturated heterocycles. The second-order valence-electron chi connectivity index (χ2n) is 6.85. The average Bonchev–Trinajstić information content (AvgIpc) is 3.25. The molecule has 0 spiro atoms. The smallest absolute Gasteiger partial charge is 0.151 e. The number of aliphatic hydroxyl groups excluding tert-OH is 1. The second kappa shape index (κ2) is 7.82. The van der Waals surface area contributed by atoms with E-state index < -0.39 is 6.10 Å². The van der Waals surface area contributed by atoms with Gasteiger partial charge in [-0.1, -0.05) is 47.1 Å². The van der Waals surface area contributed by atoms with Crippen molar-refractivity contribution in [3.63, 3.8) is 0 Å². The molecule has 3 aromatic carbocycles. The van der Waals surface area contributed by atoms with Gasteiger partial charge >= 0.3 is 0 Å². The van der Waals surface area contributed by atoms with Crippen molar-refractivity contribution >= 4 is 78.3 Å². The van der Waals surface area contributed by atoms with Crippen molar-refractivity contribution in [2.45, 2.75) is 17.0 Å². The van der Waals surface area contributed by atoms with Crippen LogP contribution in [0.1, 0.15) is 0 Å². The molecule has 0 saturated carbocycles. The molecule has 2 heterocycles. The first-order chi connectivity index (χ1) is 14.1. The minimum atomic E-state index is -0.517. The van der Waals surface area contributed by atoms with Crippen LogP contribution in [0.3, 0.4) is 0 Å². The molecule has 0 radical (unpaired) electrons. The van der Waals surface area contributed by atoms with Crippen LogP contribution in [0.2, 0.25) is 10.0 Å². The number of fused-ring (bicyclic) bond motifs is 4. The molecule has 0 aliphatic rings. The minimum absolute atomic E-state index is 0.487. The van der Waals surface area contributed by atoms with Crippen molar-refractivity contribution in [2.24, 2.45) is 0 Å². The summed E-state index contributed by atoms with van der Waals surface area (Å²) in [4.78, 5) is 4.64. The lowest BCUT2D eigenvalue weighted by molar-refractivity contribution is 0.181. The number of thioether (sulfide) groups is 1. The van der Waals surface area contributed by atoms with Crippen LogP contribution in [-0.2, 0) is 6.54 Å². The maximum Gasteiger partial charge on any atom is 0.151 e. The fourth-order valence-corrected chi connectivity index (χ4v) is 5.94. The molecule has 0 aliphatic carbocycles. The van der Waals surface area contributed by atoms with E-state index in [0.717, 1.165) is 31.7 Å². The molecule has 0 unspecified atom stereocenters. The van der Waals surface area contributed by atoms with E-state index in [1.807, 2.05) is 54.6 Å². The SMILES string of the molecule is O[C@H](CSc1nc2ccccc2s1)Cn1c2ccc(Cl)cc2c2cc(Cl)ccc21. The predicted molar refractivity (Wildman–Crippen MR) is 126 cm³/mol. The van der Waals surface area contributed by atoms with Gasteiger partial charge in [0, 0.05) is 37.6 Å². The maximum atomic E-state index is 10.8. The first-order valence-corrected chi connectivity index (χ1v) is 11.7. The summed E-state index contributed by atoms with van der Waals surface area (Å²) < 4.78 is 4.28.